The number of nitrogens with two attached hydrogens (primary N) is 1. The molecule has 2 unspecified atom stereocenters. The van der Waals surface area contributed by atoms with E-state index in [4.69, 9.17) is 5.73 Å². The molecule has 1 aliphatic carbocycles. The Bertz CT molecular complexity index is 379. The number of nitrogens with zero attached hydrogens (tertiary/aromatic N) is 3. The average molecular weight is 249 g/mol. The van der Waals surface area contributed by atoms with Gasteiger partial charge < -0.3 is 16.0 Å². The topological polar surface area (TPSA) is 67.1 Å². The Morgan fingerprint density at radius 2 is 2.17 bits per heavy atom. The highest BCUT2D eigenvalue weighted by Crippen LogP contribution is 2.23. The number of hydrogen-bond acceptors (Lipinski definition) is 5. The second-order valence-corrected chi connectivity index (χ2v) is 5.23. The summed E-state index contributed by atoms with van der Waals surface area (Å²) in [4.78, 5) is 10.5. The third-order valence-corrected chi connectivity index (χ3v) is 3.56. The van der Waals surface area contributed by atoms with Crippen molar-refractivity contribution in [2.24, 2.45) is 11.7 Å². The summed E-state index contributed by atoms with van der Waals surface area (Å²) in [6.07, 6.45) is 6.73. The lowest BCUT2D eigenvalue weighted by Gasteiger charge is -2.28. The average Bonchev–Trinajstić information content (AvgIpc) is 2.38. The standard InChI is InChI=1S/C13H23N5/c1-18(2)13-15-8-7-12(17-13)16-9-10-5-3-4-6-11(10)14/h7-8,10-11H,3-6,9,14H2,1-2H3,(H,15,16,17). The van der Waals surface area contributed by atoms with Crippen LogP contribution in [-0.4, -0.2) is 36.6 Å². The summed E-state index contributed by atoms with van der Waals surface area (Å²) < 4.78 is 0. The van der Waals surface area contributed by atoms with Crippen molar-refractivity contribution in [2.45, 2.75) is 31.7 Å². The molecule has 2 atom stereocenters. The maximum atomic E-state index is 6.14. The summed E-state index contributed by atoms with van der Waals surface area (Å²) in [6.45, 7) is 0.908. The minimum Gasteiger partial charge on any atom is -0.370 e. The van der Waals surface area contributed by atoms with E-state index in [0.29, 0.717) is 12.0 Å². The SMILES string of the molecule is CN(C)c1nccc(NCC2CCCCC2N)n1. The highest BCUT2D eigenvalue weighted by atomic mass is 15.2. The fourth-order valence-electron chi connectivity index (χ4n) is 2.39. The minimum absolute atomic E-state index is 0.335. The smallest absolute Gasteiger partial charge is 0.226 e. The zero-order chi connectivity index (χ0) is 13.0. The molecular formula is C13H23N5. The number of nitrogens with one attached hydrogen (secondary N) is 1. The van der Waals surface area contributed by atoms with Gasteiger partial charge in [-0.3, -0.25) is 0 Å². The van der Waals surface area contributed by atoms with E-state index >= 15 is 0 Å². The molecule has 0 saturated heterocycles. The third kappa shape index (κ3) is 3.32. The number of hydrogen-bond donors (Lipinski definition) is 2. The lowest BCUT2D eigenvalue weighted by atomic mass is 9.85. The van der Waals surface area contributed by atoms with Gasteiger partial charge in [0.05, 0.1) is 0 Å². The Morgan fingerprint density at radius 3 is 2.89 bits per heavy atom. The molecule has 18 heavy (non-hydrogen) atoms. The minimum atomic E-state index is 0.335. The quantitative estimate of drug-likeness (QED) is 0.846. The normalized spacial score (nSPS) is 23.7. The first-order chi connectivity index (χ1) is 8.66. The second kappa shape index (κ2) is 6.00. The molecule has 5 heteroatoms. The van der Waals surface area contributed by atoms with Crippen LogP contribution in [0.4, 0.5) is 11.8 Å². The van der Waals surface area contributed by atoms with E-state index < -0.39 is 0 Å². The van der Waals surface area contributed by atoms with Crippen LogP contribution < -0.4 is 16.0 Å². The summed E-state index contributed by atoms with van der Waals surface area (Å²) in [7, 11) is 3.88. The van der Waals surface area contributed by atoms with Crippen molar-refractivity contribution in [3.8, 4) is 0 Å². The molecule has 2 rings (SSSR count). The third-order valence-electron chi connectivity index (χ3n) is 3.56. The highest BCUT2D eigenvalue weighted by Gasteiger charge is 2.21. The van der Waals surface area contributed by atoms with Crippen LogP contribution in [0.3, 0.4) is 0 Å². The molecule has 3 N–H and O–H groups in total. The molecule has 0 aromatic carbocycles. The Kier molecular flexibility index (Phi) is 4.36. The van der Waals surface area contributed by atoms with Crippen molar-refractivity contribution in [3.63, 3.8) is 0 Å². The van der Waals surface area contributed by atoms with Crippen LogP contribution in [0.25, 0.3) is 0 Å². The van der Waals surface area contributed by atoms with Crippen LogP contribution in [-0.2, 0) is 0 Å². The first kappa shape index (κ1) is 13.1. The predicted octanol–water partition coefficient (Wildman–Crippen LogP) is 1.47. The van der Waals surface area contributed by atoms with Crippen LogP contribution in [0, 0.1) is 5.92 Å². The molecule has 1 aliphatic rings. The van der Waals surface area contributed by atoms with Gasteiger partial charge in [0.25, 0.3) is 0 Å². The zero-order valence-corrected chi connectivity index (χ0v) is 11.3. The summed E-state index contributed by atoms with van der Waals surface area (Å²) in [5, 5.41) is 3.38. The van der Waals surface area contributed by atoms with Crippen molar-refractivity contribution in [2.75, 3.05) is 30.9 Å². The fourth-order valence-corrected chi connectivity index (χ4v) is 2.39. The molecule has 0 spiro atoms. The number of rotatable bonds is 4. The lowest BCUT2D eigenvalue weighted by Crippen LogP contribution is -2.37. The molecular weight excluding hydrogens is 226 g/mol. The maximum Gasteiger partial charge on any atom is 0.226 e. The summed E-state index contributed by atoms with van der Waals surface area (Å²) in [5.41, 5.74) is 6.14. The molecule has 1 saturated carbocycles. The zero-order valence-electron chi connectivity index (χ0n) is 11.3. The summed E-state index contributed by atoms with van der Waals surface area (Å²) in [5.74, 6) is 2.18. The fraction of sp³-hybridized carbons (Fsp3) is 0.692. The van der Waals surface area contributed by atoms with Gasteiger partial charge >= 0.3 is 0 Å². The van der Waals surface area contributed by atoms with Gasteiger partial charge in [0.2, 0.25) is 5.95 Å². The van der Waals surface area contributed by atoms with Gasteiger partial charge in [-0.2, -0.15) is 4.98 Å². The molecule has 100 valence electrons. The van der Waals surface area contributed by atoms with Crippen molar-refractivity contribution >= 4 is 11.8 Å². The Morgan fingerprint density at radius 1 is 1.39 bits per heavy atom. The van der Waals surface area contributed by atoms with Gasteiger partial charge in [0, 0.05) is 32.9 Å². The first-order valence-corrected chi connectivity index (χ1v) is 6.66. The highest BCUT2D eigenvalue weighted by molar-refractivity contribution is 5.40. The molecule has 1 aromatic heterocycles. The van der Waals surface area contributed by atoms with E-state index in [9.17, 15) is 0 Å². The maximum absolute atomic E-state index is 6.14. The van der Waals surface area contributed by atoms with Gasteiger partial charge in [-0.1, -0.05) is 12.8 Å². The molecule has 1 heterocycles. The Balaban J connectivity index is 1.91. The van der Waals surface area contributed by atoms with Gasteiger partial charge in [0.15, 0.2) is 0 Å². The molecule has 0 bridgehead atoms. The van der Waals surface area contributed by atoms with Crippen molar-refractivity contribution in [3.05, 3.63) is 12.3 Å². The van der Waals surface area contributed by atoms with Crippen LogP contribution in [0.5, 0.6) is 0 Å². The largest absolute Gasteiger partial charge is 0.370 e. The molecule has 0 radical (unpaired) electrons. The van der Waals surface area contributed by atoms with Crippen molar-refractivity contribution in [1.29, 1.82) is 0 Å². The first-order valence-electron chi connectivity index (χ1n) is 6.66. The molecule has 1 fully saturated rings. The van der Waals surface area contributed by atoms with E-state index in [2.05, 4.69) is 15.3 Å². The predicted molar refractivity (Wildman–Crippen MR) is 74.8 cm³/mol. The van der Waals surface area contributed by atoms with Crippen LogP contribution in [0.15, 0.2) is 12.3 Å². The van der Waals surface area contributed by atoms with Gasteiger partial charge in [-0.25, -0.2) is 4.98 Å². The van der Waals surface area contributed by atoms with Crippen molar-refractivity contribution in [1.82, 2.24) is 9.97 Å². The van der Waals surface area contributed by atoms with Crippen LogP contribution in [0.1, 0.15) is 25.7 Å². The van der Waals surface area contributed by atoms with E-state index in [1.165, 1.54) is 19.3 Å². The van der Waals surface area contributed by atoms with Crippen LogP contribution >= 0.6 is 0 Å². The lowest BCUT2D eigenvalue weighted by molar-refractivity contribution is 0.321. The molecule has 0 aliphatic heterocycles. The van der Waals surface area contributed by atoms with Gasteiger partial charge in [-0.05, 0) is 24.8 Å². The van der Waals surface area contributed by atoms with Crippen molar-refractivity contribution < 1.29 is 0 Å². The number of anilines is 2. The van der Waals surface area contributed by atoms with Crippen LogP contribution in [0.2, 0.25) is 0 Å². The van der Waals surface area contributed by atoms with E-state index in [-0.39, 0.29) is 0 Å². The Labute approximate surface area is 109 Å². The summed E-state index contributed by atoms with van der Waals surface area (Å²) in [6, 6.07) is 2.24. The summed E-state index contributed by atoms with van der Waals surface area (Å²) >= 11 is 0. The van der Waals surface area contributed by atoms with E-state index in [0.717, 1.165) is 24.7 Å². The van der Waals surface area contributed by atoms with E-state index in [1.54, 1.807) is 6.20 Å². The van der Waals surface area contributed by atoms with Gasteiger partial charge in [0.1, 0.15) is 5.82 Å². The Hall–Kier alpha value is -1.36. The number of aromatic nitrogens is 2. The van der Waals surface area contributed by atoms with Gasteiger partial charge in [-0.15, -0.1) is 0 Å². The monoisotopic (exact) mass is 249 g/mol. The molecule has 5 nitrogen and oxygen atoms in total. The molecule has 1 aromatic rings. The second-order valence-electron chi connectivity index (χ2n) is 5.23. The molecule has 0 amide bonds. The van der Waals surface area contributed by atoms with E-state index in [1.807, 2.05) is 25.1 Å².